The van der Waals surface area contributed by atoms with Gasteiger partial charge >= 0.3 is 0 Å². The molecule has 1 N–H and O–H groups in total. The van der Waals surface area contributed by atoms with Gasteiger partial charge in [0.2, 0.25) is 0 Å². The number of nitrogens with one attached hydrogen (secondary N) is 1. The molecule has 216 valence electrons. The first-order valence-corrected chi connectivity index (χ1v) is 14.1. The van der Waals surface area contributed by atoms with E-state index < -0.39 is 0 Å². The Kier molecular flexibility index (Phi) is 9.86. The summed E-state index contributed by atoms with van der Waals surface area (Å²) in [5, 5.41) is 3.80. The van der Waals surface area contributed by atoms with Crippen LogP contribution in [0.15, 0.2) is 90.7 Å². The Hall–Kier alpha value is -4.78. The van der Waals surface area contributed by atoms with Gasteiger partial charge in [-0.15, -0.1) is 0 Å². The van der Waals surface area contributed by atoms with Crippen molar-refractivity contribution in [3.8, 4) is 11.3 Å². The number of carbonyl (C=O) groups excluding carboxylic acids is 2. The lowest BCUT2D eigenvalue weighted by Crippen LogP contribution is -2.27. The molecule has 0 bridgehead atoms. The number of aryl methyl sites for hydroxylation is 2. The van der Waals surface area contributed by atoms with Crippen LogP contribution in [0.25, 0.3) is 22.2 Å². The largest absolute Gasteiger partial charge is 0.470 e. The van der Waals surface area contributed by atoms with E-state index >= 15 is 0 Å². The smallest absolute Gasteiger partial charge is 0.256 e. The topological polar surface area (TPSA) is 84.4 Å². The highest BCUT2D eigenvalue weighted by Crippen LogP contribution is 2.28. The van der Waals surface area contributed by atoms with Crippen LogP contribution >= 0.6 is 0 Å². The highest BCUT2D eigenvalue weighted by atomic mass is 16.5. The van der Waals surface area contributed by atoms with E-state index in [2.05, 4.69) is 16.4 Å². The monoisotopic (exact) mass is 562 g/mol. The number of benzene rings is 2. The second kappa shape index (κ2) is 13.7. The van der Waals surface area contributed by atoms with Crippen LogP contribution in [-0.4, -0.2) is 40.3 Å². The fourth-order valence-corrected chi connectivity index (χ4v) is 4.80. The average Bonchev–Trinajstić information content (AvgIpc) is 2.98. The van der Waals surface area contributed by atoms with Crippen molar-refractivity contribution in [3.05, 3.63) is 113 Å². The molecule has 0 fully saturated rings. The third-order valence-corrected chi connectivity index (χ3v) is 6.99. The number of ether oxygens (including phenoxy) is 1. The lowest BCUT2D eigenvalue weighted by molar-refractivity contribution is 0.0792. The molecule has 0 unspecified atom stereocenters. The van der Waals surface area contributed by atoms with Crippen LogP contribution in [0.3, 0.4) is 0 Å². The van der Waals surface area contributed by atoms with Crippen molar-refractivity contribution >= 4 is 28.4 Å². The number of hydrogen-bond acceptors (Lipinski definition) is 5. The van der Waals surface area contributed by atoms with Gasteiger partial charge in [0, 0.05) is 54.6 Å². The molecule has 0 radical (unpaired) electrons. The fraction of sp³-hybridized carbons (Fsp3) is 0.257. The predicted octanol–water partition coefficient (Wildman–Crippen LogP) is 7.86. The second-order valence-corrected chi connectivity index (χ2v) is 10.6. The maximum Gasteiger partial charge on any atom is 0.256 e. The third kappa shape index (κ3) is 7.29. The summed E-state index contributed by atoms with van der Waals surface area (Å²) in [6.07, 6.45) is 8.52. The number of allylic oxidation sites excluding steroid dienone is 3. The highest BCUT2D eigenvalue weighted by molar-refractivity contribution is 6.13. The normalized spacial score (nSPS) is 11.0. The van der Waals surface area contributed by atoms with Crippen LogP contribution in [0.5, 0.6) is 0 Å². The van der Waals surface area contributed by atoms with Crippen LogP contribution in [0, 0.1) is 13.8 Å². The molecule has 2 amide bonds. The minimum atomic E-state index is -0.246. The Balaban J connectivity index is 1.48. The molecule has 2 aromatic carbocycles. The SMILES string of the molecule is C/C=C\OC(CCCN(C)C(=O)c1ccc(NC(=O)c2cc(-c3cccnc3)nc3c(C)cc(C)cc23)cc1)=C(C)C. The van der Waals surface area contributed by atoms with E-state index in [0.29, 0.717) is 29.1 Å². The maximum atomic E-state index is 13.6. The molecule has 4 rings (SSSR count). The maximum absolute atomic E-state index is 13.6. The lowest BCUT2D eigenvalue weighted by atomic mass is 9.99. The van der Waals surface area contributed by atoms with E-state index in [1.54, 1.807) is 54.9 Å². The number of pyridine rings is 2. The zero-order chi connectivity index (χ0) is 30.2. The number of anilines is 1. The van der Waals surface area contributed by atoms with E-state index in [9.17, 15) is 9.59 Å². The molecule has 4 aromatic rings. The predicted molar refractivity (Wildman–Crippen MR) is 169 cm³/mol. The van der Waals surface area contributed by atoms with Crippen molar-refractivity contribution in [1.29, 1.82) is 0 Å². The van der Waals surface area contributed by atoms with Crippen molar-refractivity contribution in [2.45, 2.75) is 47.5 Å². The van der Waals surface area contributed by atoms with Gasteiger partial charge in [0.25, 0.3) is 11.8 Å². The molecule has 0 aliphatic heterocycles. The first-order chi connectivity index (χ1) is 20.2. The molecular weight excluding hydrogens is 524 g/mol. The first kappa shape index (κ1) is 30.2. The summed E-state index contributed by atoms with van der Waals surface area (Å²) in [5.74, 6) is 0.603. The van der Waals surface area contributed by atoms with Crippen molar-refractivity contribution < 1.29 is 14.3 Å². The molecule has 0 atom stereocenters. The summed E-state index contributed by atoms with van der Waals surface area (Å²) in [4.78, 5) is 37.4. The molecule has 42 heavy (non-hydrogen) atoms. The quantitative estimate of drug-likeness (QED) is 0.199. The Morgan fingerprint density at radius 3 is 2.48 bits per heavy atom. The van der Waals surface area contributed by atoms with E-state index in [4.69, 9.17) is 9.72 Å². The lowest BCUT2D eigenvalue weighted by Gasteiger charge is -2.18. The summed E-state index contributed by atoms with van der Waals surface area (Å²) >= 11 is 0. The van der Waals surface area contributed by atoms with E-state index in [-0.39, 0.29) is 11.8 Å². The van der Waals surface area contributed by atoms with Crippen LogP contribution in [0.4, 0.5) is 5.69 Å². The molecule has 7 nitrogen and oxygen atoms in total. The van der Waals surface area contributed by atoms with Crippen molar-refractivity contribution in [1.82, 2.24) is 14.9 Å². The molecule has 2 heterocycles. The van der Waals surface area contributed by atoms with Gasteiger partial charge in [-0.2, -0.15) is 0 Å². The summed E-state index contributed by atoms with van der Waals surface area (Å²) in [5.41, 5.74) is 7.16. The Morgan fingerprint density at radius 2 is 1.81 bits per heavy atom. The van der Waals surface area contributed by atoms with Crippen LogP contribution in [0.2, 0.25) is 0 Å². The number of hydrogen-bond donors (Lipinski definition) is 1. The Labute approximate surface area is 248 Å². The van der Waals surface area contributed by atoms with Gasteiger partial charge in [-0.3, -0.25) is 14.6 Å². The molecule has 2 aromatic heterocycles. The summed E-state index contributed by atoms with van der Waals surface area (Å²) in [6, 6.07) is 16.6. The van der Waals surface area contributed by atoms with Crippen molar-refractivity contribution in [2.24, 2.45) is 0 Å². The zero-order valence-corrected chi connectivity index (χ0v) is 25.2. The molecule has 0 aliphatic carbocycles. The molecule has 0 aliphatic rings. The molecule has 0 saturated carbocycles. The highest BCUT2D eigenvalue weighted by Gasteiger charge is 2.17. The third-order valence-electron chi connectivity index (χ3n) is 6.99. The van der Waals surface area contributed by atoms with Gasteiger partial charge < -0.3 is 15.0 Å². The van der Waals surface area contributed by atoms with Crippen molar-refractivity contribution in [3.63, 3.8) is 0 Å². The van der Waals surface area contributed by atoms with E-state index in [0.717, 1.165) is 51.8 Å². The molecule has 0 spiro atoms. The standard InChI is InChI=1S/C35H38N4O3/c1-7-18-42-32(23(2)3)11-9-17-39(6)35(41)26-12-14-28(15-13-26)37-34(40)30-21-31(27-10-8-16-36-22-27)38-33-25(5)19-24(4)20-29(30)33/h7-8,10,12-16,18-22H,9,11,17H2,1-6H3,(H,37,40)/b18-7-. The van der Waals surface area contributed by atoms with Gasteiger partial charge in [0.15, 0.2) is 0 Å². The zero-order valence-electron chi connectivity index (χ0n) is 25.2. The average molecular weight is 563 g/mol. The number of nitrogens with zero attached hydrogens (tertiary/aromatic N) is 3. The number of amides is 2. The molecule has 7 heteroatoms. The van der Waals surface area contributed by atoms with Gasteiger partial charge in [-0.1, -0.05) is 17.7 Å². The van der Waals surface area contributed by atoms with Crippen LogP contribution in [0.1, 0.15) is 65.5 Å². The van der Waals surface area contributed by atoms with Gasteiger partial charge in [0.05, 0.1) is 23.0 Å². The van der Waals surface area contributed by atoms with E-state index in [1.807, 2.05) is 65.0 Å². The van der Waals surface area contributed by atoms with E-state index in [1.165, 1.54) is 0 Å². The van der Waals surface area contributed by atoms with Gasteiger partial charge in [-0.05, 0) is 101 Å². The van der Waals surface area contributed by atoms with Crippen LogP contribution in [-0.2, 0) is 4.74 Å². The number of fused-ring (bicyclic) bond motifs is 1. The summed E-state index contributed by atoms with van der Waals surface area (Å²) in [7, 11) is 1.80. The number of aromatic nitrogens is 2. The molecule has 0 saturated heterocycles. The van der Waals surface area contributed by atoms with Gasteiger partial charge in [-0.25, -0.2) is 4.98 Å². The Morgan fingerprint density at radius 1 is 1.05 bits per heavy atom. The summed E-state index contributed by atoms with van der Waals surface area (Å²) in [6.45, 7) is 10.6. The fourth-order valence-electron chi connectivity index (χ4n) is 4.80. The van der Waals surface area contributed by atoms with Gasteiger partial charge in [0.1, 0.15) is 5.76 Å². The molecular formula is C35H38N4O3. The minimum absolute atomic E-state index is 0.0758. The van der Waals surface area contributed by atoms with Crippen molar-refractivity contribution in [2.75, 3.05) is 18.9 Å². The Bertz CT molecular complexity index is 1640. The number of rotatable bonds is 10. The number of carbonyl (C=O) groups is 2. The summed E-state index contributed by atoms with van der Waals surface area (Å²) < 4.78 is 5.68. The minimum Gasteiger partial charge on any atom is -0.470 e. The first-order valence-electron chi connectivity index (χ1n) is 14.1. The second-order valence-electron chi connectivity index (χ2n) is 10.6. The van der Waals surface area contributed by atoms with Crippen LogP contribution < -0.4 is 5.32 Å².